The molecule has 0 saturated carbocycles. The summed E-state index contributed by atoms with van der Waals surface area (Å²) in [5.74, 6) is 2.01. The van der Waals surface area contributed by atoms with E-state index < -0.39 is 0 Å². The van der Waals surface area contributed by atoms with Gasteiger partial charge in [0, 0.05) is 30.4 Å². The second kappa shape index (κ2) is 5.01. The lowest BCUT2D eigenvalue weighted by molar-refractivity contribution is 0.504. The van der Waals surface area contributed by atoms with Gasteiger partial charge in [0.15, 0.2) is 5.82 Å². The predicted octanol–water partition coefficient (Wildman–Crippen LogP) is 2.55. The van der Waals surface area contributed by atoms with E-state index in [1.54, 1.807) is 0 Å². The van der Waals surface area contributed by atoms with Gasteiger partial charge in [-0.1, -0.05) is 30.3 Å². The first-order valence-corrected chi connectivity index (χ1v) is 7.04. The Morgan fingerprint density at radius 2 is 1.86 bits per heavy atom. The zero-order valence-electron chi connectivity index (χ0n) is 11.5. The molecule has 0 bridgehead atoms. The SMILES string of the molecule is c1ccc(-c2nc3n(n2)CC(c2ccncc2)CN3)cc1. The molecule has 5 heteroatoms. The molecular formula is C16H15N5. The van der Waals surface area contributed by atoms with Gasteiger partial charge in [0.1, 0.15) is 0 Å². The molecule has 0 aliphatic carbocycles. The van der Waals surface area contributed by atoms with Crippen LogP contribution >= 0.6 is 0 Å². The number of pyridine rings is 1. The molecule has 1 aliphatic heterocycles. The number of fused-ring (bicyclic) bond motifs is 1. The van der Waals surface area contributed by atoms with E-state index in [9.17, 15) is 0 Å². The van der Waals surface area contributed by atoms with Gasteiger partial charge in [0.2, 0.25) is 5.95 Å². The molecule has 1 unspecified atom stereocenters. The fraction of sp³-hybridized carbons (Fsp3) is 0.188. The maximum Gasteiger partial charge on any atom is 0.221 e. The van der Waals surface area contributed by atoms with Crippen LogP contribution in [-0.4, -0.2) is 26.3 Å². The first-order chi connectivity index (χ1) is 10.4. The van der Waals surface area contributed by atoms with E-state index in [0.29, 0.717) is 5.92 Å². The van der Waals surface area contributed by atoms with Crippen LogP contribution in [0, 0.1) is 0 Å². The molecule has 0 saturated heterocycles. The van der Waals surface area contributed by atoms with Gasteiger partial charge in [-0.3, -0.25) is 4.98 Å². The monoisotopic (exact) mass is 277 g/mol. The molecular weight excluding hydrogens is 262 g/mol. The van der Waals surface area contributed by atoms with Gasteiger partial charge < -0.3 is 5.32 Å². The smallest absolute Gasteiger partial charge is 0.221 e. The summed E-state index contributed by atoms with van der Waals surface area (Å²) in [4.78, 5) is 8.65. The number of nitrogens with zero attached hydrogens (tertiary/aromatic N) is 4. The van der Waals surface area contributed by atoms with Crippen molar-refractivity contribution in [2.75, 3.05) is 11.9 Å². The molecule has 0 fully saturated rings. The van der Waals surface area contributed by atoms with Crippen molar-refractivity contribution in [3.63, 3.8) is 0 Å². The largest absolute Gasteiger partial charge is 0.354 e. The average Bonchev–Trinajstić information content (AvgIpc) is 2.99. The summed E-state index contributed by atoms with van der Waals surface area (Å²) in [5, 5.41) is 7.99. The third-order valence-corrected chi connectivity index (χ3v) is 3.78. The Balaban J connectivity index is 1.63. The highest BCUT2D eigenvalue weighted by molar-refractivity contribution is 5.56. The summed E-state index contributed by atoms with van der Waals surface area (Å²) in [6, 6.07) is 14.2. The summed E-state index contributed by atoms with van der Waals surface area (Å²) in [7, 11) is 0. The summed E-state index contributed by atoms with van der Waals surface area (Å²) in [5.41, 5.74) is 2.32. The van der Waals surface area contributed by atoms with Crippen LogP contribution in [0.15, 0.2) is 54.9 Å². The molecule has 0 amide bonds. The molecule has 104 valence electrons. The lowest BCUT2D eigenvalue weighted by Gasteiger charge is -2.23. The molecule has 1 N–H and O–H groups in total. The first-order valence-electron chi connectivity index (χ1n) is 7.04. The third kappa shape index (κ3) is 2.27. The zero-order chi connectivity index (χ0) is 14.1. The predicted molar refractivity (Wildman–Crippen MR) is 80.9 cm³/mol. The molecule has 3 heterocycles. The minimum absolute atomic E-state index is 0.394. The van der Waals surface area contributed by atoms with Crippen LogP contribution in [0.3, 0.4) is 0 Å². The van der Waals surface area contributed by atoms with E-state index in [1.165, 1.54) is 5.56 Å². The molecule has 1 aliphatic rings. The van der Waals surface area contributed by atoms with Crippen molar-refractivity contribution in [1.29, 1.82) is 0 Å². The van der Waals surface area contributed by atoms with Gasteiger partial charge in [0.05, 0.1) is 6.54 Å². The Morgan fingerprint density at radius 3 is 2.67 bits per heavy atom. The summed E-state index contributed by atoms with van der Waals surface area (Å²) in [6.45, 7) is 1.71. The van der Waals surface area contributed by atoms with Crippen LogP contribution < -0.4 is 5.32 Å². The van der Waals surface area contributed by atoms with Crippen molar-refractivity contribution < 1.29 is 0 Å². The highest BCUT2D eigenvalue weighted by Gasteiger charge is 2.22. The Hall–Kier alpha value is -2.69. The average molecular weight is 277 g/mol. The summed E-state index contributed by atoms with van der Waals surface area (Å²) in [6.07, 6.45) is 3.67. The van der Waals surface area contributed by atoms with Crippen LogP contribution in [0.4, 0.5) is 5.95 Å². The number of benzene rings is 1. The number of hydrogen-bond acceptors (Lipinski definition) is 4. The van der Waals surface area contributed by atoms with E-state index in [4.69, 9.17) is 0 Å². The van der Waals surface area contributed by atoms with Crippen molar-refractivity contribution in [2.24, 2.45) is 0 Å². The minimum Gasteiger partial charge on any atom is -0.354 e. The normalized spacial score (nSPS) is 17.0. The lowest BCUT2D eigenvalue weighted by Crippen LogP contribution is -2.26. The zero-order valence-corrected chi connectivity index (χ0v) is 11.5. The molecule has 0 spiro atoms. The number of hydrogen-bond donors (Lipinski definition) is 1. The fourth-order valence-electron chi connectivity index (χ4n) is 2.66. The third-order valence-electron chi connectivity index (χ3n) is 3.78. The summed E-state index contributed by atoms with van der Waals surface area (Å²) >= 11 is 0. The summed E-state index contributed by atoms with van der Waals surface area (Å²) < 4.78 is 1.96. The van der Waals surface area contributed by atoms with Gasteiger partial charge in [-0.15, -0.1) is 5.10 Å². The van der Waals surface area contributed by atoms with Gasteiger partial charge in [0.25, 0.3) is 0 Å². The maximum absolute atomic E-state index is 4.62. The van der Waals surface area contributed by atoms with Crippen LogP contribution in [0.25, 0.3) is 11.4 Å². The molecule has 0 radical (unpaired) electrons. The second-order valence-electron chi connectivity index (χ2n) is 5.17. The van der Waals surface area contributed by atoms with E-state index in [0.717, 1.165) is 30.4 Å². The molecule has 4 rings (SSSR count). The first kappa shape index (κ1) is 12.1. The van der Waals surface area contributed by atoms with Crippen molar-refractivity contribution in [1.82, 2.24) is 19.7 Å². The van der Waals surface area contributed by atoms with Gasteiger partial charge in [-0.05, 0) is 17.7 Å². The van der Waals surface area contributed by atoms with E-state index >= 15 is 0 Å². The van der Waals surface area contributed by atoms with Gasteiger partial charge >= 0.3 is 0 Å². The van der Waals surface area contributed by atoms with Crippen molar-refractivity contribution in [3.8, 4) is 11.4 Å². The van der Waals surface area contributed by atoms with Gasteiger partial charge in [-0.2, -0.15) is 4.98 Å². The highest BCUT2D eigenvalue weighted by Crippen LogP contribution is 2.26. The van der Waals surface area contributed by atoms with E-state index in [2.05, 4.69) is 32.5 Å². The Labute approximate surface area is 122 Å². The maximum atomic E-state index is 4.62. The number of anilines is 1. The highest BCUT2D eigenvalue weighted by atomic mass is 15.4. The molecule has 21 heavy (non-hydrogen) atoms. The Bertz CT molecular complexity index is 736. The van der Waals surface area contributed by atoms with Crippen molar-refractivity contribution in [2.45, 2.75) is 12.5 Å². The van der Waals surface area contributed by atoms with E-state index in [1.807, 2.05) is 47.4 Å². The number of aromatic nitrogens is 4. The molecule has 1 aromatic carbocycles. The van der Waals surface area contributed by atoms with Crippen LogP contribution in [0.2, 0.25) is 0 Å². The standard InChI is InChI=1S/C16H15N5/c1-2-4-13(5-3-1)15-19-16-18-10-14(11-21(16)20-15)12-6-8-17-9-7-12/h1-9,14H,10-11H2,(H,18,19,20). The van der Waals surface area contributed by atoms with Crippen molar-refractivity contribution in [3.05, 3.63) is 60.4 Å². The molecule has 5 nitrogen and oxygen atoms in total. The quantitative estimate of drug-likeness (QED) is 0.782. The molecule has 3 aromatic rings. The fourth-order valence-corrected chi connectivity index (χ4v) is 2.66. The van der Waals surface area contributed by atoms with Crippen LogP contribution in [0.1, 0.15) is 11.5 Å². The van der Waals surface area contributed by atoms with Crippen LogP contribution in [0.5, 0.6) is 0 Å². The van der Waals surface area contributed by atoms with Crippen molar-refractivity contribution >= 4 is 5.95 Å². The number of nitrogens with one attached hydrogen (secondary N) is 1. The minimum atomic E-state index is 0.394. The lowest BCUT2D eigenvalue weighted by atomic mass is 9.99. The Kier molecular flexibility index (Phi) is 2.88. The van der Waals surface area contributed by atoms with Crippen LogP contribution in [-0.2, 0) is 6.54 Å². The van der Waals surface area contributed by atoms with Gasteiger partial charge in [-0.25, -0.2) is 4.68 Å². The topological polar surface area (TPSA) is 55.6 Å². The molecule has 2 aromatic heterocycles. The molecule has 1 atom stereocenters. The number of rotatable bonds is 2. The Morgan fingerprint density at radius 1 is 1.05 bits per heavy atom. The second-order valence-corrected chi connectivity index (χ2v) is 5.17. The van der Waals surface area contributed by atoms with E-state index in [-0.39, 0.29) is 0 Å².